The molecule has 0 spiro atoms. The number of sulfonamides is 1. The van der Waals surface area contributed by atoms with Crippen LogP contribution in [-0.4, -0.2) is 50.5 Å². The number of rotatable bonds is 10. The van der Waals surface area contributed by atoms with Gasteiger partial charge in [-0.15, -0.1) is 0 Å². The van der Waals surface area contributed by atoms with Crippen LogP contribution in [0.4, 0.5) is 5.69 Å². The Morgan fingerprint density at radius 3 is 2.24 bits per heavy atom. The van der Waals surface area contributed by atoms with E-state index in [4.69, 9.17) is 23.2 Å². The van der Waals surface area contributed by atoms with Crippen LogP contribution in [0.5, 0.6) is 0 Å². The van der Waals surface area contributed by atoms with Gasteiger partial charge in [0.25, 0.3) is 0 Å². The van der Waals surface area contributed by atoms with Gasteiger partial charge in [-0.25, -0.2) is 8.42 Å². The summed E-state index contributed by atoms with van der Waals surface area (Å²) in [7, 11) is -3.77. The molecule has 0 heterocycles. The molecule has 0 bridgehead atoms. The standard InChI is InChI=1S/C22H26Cl2IN3O4S/c1-4-20(22(30)26-5-2)27(13-15-6-7-16(23)12-19(15)24)21(29)14-28(33(3,31)32)18-10-8-17(25)9-11-18/h6-12,20H,4-5,13-14H2,1-3H3,(H,26,30)/t20-/m1/s1. The lowest BCUT2D eigenvalue weighted by Gasteiger charge is -2.33. The second-order valence-corrected chi connectivity index (χ2v) is 11.3. The minimum atomic E-state index is -3.77. The zero-order chi connectivity index (χ0) is 24.8. The number of benzene rings is 2. The van der Waals surface area contributed by atoms with Gasteiger partial charge in [-0.2, -0.15) is 0 Å². The van der Waals surface area contributed by atoms with Gasteiger partial charge < -0.3 is 10.2 Å². The fourth-order valence-corrected chi connectivity index (χ4v) is 4.94. The summed E-state index contributed by atoms with van der Waals surface area (Å²) in [5, 5.41) is 3.54. The van der Waals surface area contributed by atoms with Crippen molar-refractivity contribution in [1.82, 2.24) is 10.2 Å². The van der Waals surface area contributed by atoms with Crippen molar-refractivity contribution in [3.8, 4) is 0 Å². The summed E-state index contributed by atoms with van der Waals surface area (Å²) >= 11 is 14.4. The van der Waals surface area contributed by atoms with Crippen molar-refractivity contribution in [3.05, 3.63) is 61.6 Å². The van der Waals surface area contributed by atoms with Gasteiger partial charge in [0.2, 0.25) is 21.8 Å². The van der Waals surface area contributed by atoms with Crippen LogP contribution in [0.25, 0.3) is 0 Å². The molecule has 1 N–H and O–H groups in total. The van der Waals surface area contributed by atoms with Crippen LogP contribution in [0.3, 0.4) is 0 Å². The van der Waals surface area contributed by atoms with E-state index in [0.29, 0.717) is 34.3 Å². The van der Waals surface area contributed by atoms with E-state index in [0.717, 1.165) is 14.1 Å². The Kier molecular flexibility index (Phi) is 10.3. The maximum absolute atomic E-state index is 13.5. The van der Waals surface area contributed by atoms with Gasteiger partial charge in [0.05, 0.1) is 11.9 Å². The molecule has 0 radical (unpaired) electrons. The van der Waals surface area contributed by atoms with E-state index in [1.54, 1.807) is 56.3 Å². The van der Waals surface area contributed by atoms with Gasteiger partial charge in [-0.1, -0.05) is 36.2 Å². The number of halogens is 3. The number of carbonyl (C=O) groups is 2. The minimum Gasteiger partial charge on any atom is -0.355 e. The molecule has 1 atom stereocenters. The molecule has 0 unspecified atom stereocenters. The molecule has 7 nitrogen and oxygen atoms in total. The predicted molar refractivity (Wildman–Crippen MR) is 141 cm³/mol. The molecular weight excluding hydrogens is 600 g/mol. The quantitative estimate of drug-likeness (QED) is 0.399. The highest BCUT2D eigenvalue weighted by atomic mass is 127. The van der Waals surface area contributed by atoms with Crippen molar-refractivity contribution in [3.63, 3.8) is 0 Å². The van der Waals surface area contributed by atoms with Gasteiger partial charge in [0.1, 0.15) is 12.6 Å². The Labute approximate surface area is 218 Å². The maximum atomic E-state index is 13.5. The third kappa shape index (κ3) is 7.73. The Morgan fingerprint density at radius 2 is 1.73 bits per heavy atom. The van der Waals surface area contributed by atoms with Gasteiger partial charge in [-0.3, -0.25) is 13.9 Å². The van der Waals surface area contributed by atoms with Crippen molar-refractivity contribution in [2.75, 3.05) is 23.7 Å². The van der Waals surface area contributed by atoms with Crippen LogP contribution in [0, 0.1) is 3.57 Å². The SMILES string of the molecule is CCNC(=O)[C@@H](CC)N(Cc1ccc(Cl)cc1Cl)C(=O)CN(c1ccc(I)cc1)S(C)(=O)=O. The first-order valence-electron chi connectivity index (χ1n) is 10.2. The zero-order valence-electron chi connectivity index (χ0n) is 18.5. The number of nitrogens with zero attached hydrogens (tertiary/aromatic N) is 2. The Balaban J connectivity index is 2.45. The van der Waals surface area contributed by atoms with Crippen molar-refractivity contribution in [2.45, 2.75) is 32.9 Å². The van der Waals surface area contributed by atoms with Crippen molar-refractivity contribution in [1.29, 1.82) is 0 Å². The summed E-state index contributed by atoms with van der Waals surface area (Å²) in [5.74, 6) is -0.846. The third-order valence-electron chi connectivity index (χ3n) is 4.89. The number of amides is 2. The smallest absolute Gasteiger partial charge is 0.244 e. The van der Waals surface area contributed by atoms with Gasteiger partial charge in [-0.05, 0) is 77.9 Å². The molecule has 0 aliphatic carbocycles. The van der Waals surface area contributed by atoms with Crippen LogP contribution in [0.15, 0.2) is 42.5 Å². The maximum Gasteiger partial charge on any atom is 0.244 e. The fourth-order valence-electron chi connectivity index (χ4n) is 3.27. The highest BCUT2D eigenvalue weighted by Crippen LogP contribution is 2.25. The zero-order valence-corrected chi connectivity index (χ0v) is 23.0. The molecule has 0 saturated heterocycles. The van der Waals surface area contributed by atoms with Crippen molar-refractivity contribution < 1.29 is 18.0 Å². The van der Waals surface area contributed by atoms with E-state index < -0.39 is 28.5 Å². The largest absolute Gasteiger partial charge is 0.355 e. The number of likely N-dealkylation sites (N-methyl/N-ethyl adjacent to an activating group) is 1. The van der Waals surface area contributed by atoms with Crippen LogP contribution in [0.2, 0.25) is 10.0 Å². The second-order valence-electron chi connectivity index (χ2n) is 7.32. The molecule has 0 aliphatic rings. The summed E-state index contributed by atoms with van der Waals surface area (Å²) in [6.45, 7) is 3.54. The molecule has 0 saturated carbocycles. The van der Waals surface area contributed by atoms with Crippen LogP contribution < -0.4 is 9.62 Å². The lowest BCUT2D eigenvalue weighted by molar-refractivity contribution is -0.140. The summed E-state index contributed by atoms with van der Waals surface area (Å²) in [6, 6.07) is 10.9. The molecule has 2 aromatic carbocycles. The van der Waals surface area contributed by atoms with E-state index in [1.165, 1.54) is 4.90 Å². The molecule has 2 amide bonds. The number of hydrogen-bond donors (Lipinski definition) is 1. The Morgan fingerprint density at radius 1 is 1.09 bits per heavy atom. The monoisotopic (exact) mass is 625 g/mol. The second kappa shape index (κ2) is 12.2. The van der Waals surface area contributed by atoms with Crippen molar-refractivity contribution in [2.24, 2.45) is 0 Å². The first-order valence-corrected chi connectivity index (χ1v) is 13.9. The molecule has 2 aromatic rings. The Bertz CT molecular complexity index is 1100. The average Bonchev–Trinajstić information content (AvgIpc) is 2.73. The summed E-state index contributed by atoms with van der Waals surface area (Å²) in [5.41, 5.74) is 0.958. The summed E-state index contributed by atoms with van der Waals surface area (Å²) in [6.07, 6.45) is 1.38. The number of anilines is 1. The molecule has 0 aliphatic heterocycles. The van der Waals surface area contributed by atoms with Crippen LogP contribution >= 0.6 is 45.8 Å². The molecule has 0 aromatic heterocycles. The lowest BCUT2D eigenvalue weighted by atomic mass is 10.1. The summed E-state index contributed by atoms with van der Waals surface area (Å²) in [4.78, 5) is 27.6. The van der Waals surface area contributed by atoms with Gasteiger partial charge in [0.15, 0.2) is 0 Å². The lowest BCUT2D eigenvalue weighted by Crippen LogP contribution is -2.52. The molecule has 2 rings (SSSR count). The van der Waals surface area contributed by atoms with E-state index >= 15 is 0 Å². The van der Waals surface area contributed by atoms with Gasteiger partial charge >= 0.3 is 0 Å². The van der Waals surface area contributed by atoms with E-state index in [2.05, 4.69) is 27.9 Å². The molecule has 33 heavy (non-hydrogen) atoms. The average molecular weight is 626 g/mol. The highest BCUT2D eigenvalue weighted by Gasteiger charge is 2.31. The predicted octanol–water partition coefficient (Wildman–Crippen LogP) is 4.31. The molecule has 11 heteroatoms. The summed E-state index contributed by atoms with van der Waals surface area (Å²) < 4.78 is 27.0. The number of nitrogens with one attached hydrogen (secondary N) is 1. The first-order chi connectivity index (χ1) is 15.5. The van der Waals surface area contributed by atoms with E-state index in [9.17, 15) is 18.0 Å². The number of carbonyl (C=O) groups excluding carboxylic acids is 2. The third-order valence-corrected chi connectivity index (χ3v) is 7.33. The molecular formula is C22H26Cl2IN3O4S. The van der Waals surface area contributed by atoms with E-state index in [1.807, 2.05) is 0 Å². The Hall–Kier alpha value is -1.56. The topological polar surface area (TPSA) is 86.8 Å². The normalized spacial score (nSPS) is 12.2. The van der Waals surface area contributed by atoms with Crippen LogP contribution in [0.1, 0.15) is 25.8 Å². The van der Waals surface area contributed by atoms with Crippen LogP contribution in [-0.2, 0) is 26.2 Å². The molecule has 180 valence electrons. The van der Waals surface area contributed by atoms with Crippen molar-refractivity contribution >= 4 is 73.3 Å². The van der Waals surface area contributed by atoms with Gasteiger partial charge in [0, 0.05) is 26.7 Å². The fraction of sp³-hybridized carbons (Fsp3) is 0.364. The van der Waals surface area contributed by atoms with E-state index in [-0.39, 0.29) is 12.5 Å². The molecule has 0 fully saturated rings. The highest BCUT2D eigenvalue weighted by molar-refractivity contribution is 14.1. The first kappa shape index (κ1) is 27.7. The number of hydrogen-bond acceptors (Lipinski definition) is 4. The minimum absolute atomic E-state index is 0.0226.